The summed E-state index contributed by atoms with van der Waals surface area (Å²) in [6.07, 6.45) is 2.00. The molecule has 18 heavy (non-hydrogen) atoms. The summed E-state index contributed by atoms with van der Waals surface area (Å²) in [5.41, 5.74) is 7.55. The molecule has 1 rings (SSSR count). The van der Waals surface area contributed by atoms with Crippen LogP contribution >= 0.6 is 11.8 Å². The van der Waals surface area contributed by atoms with Gasteiger partial charge in [0.1, 0.15) is 5.84 Å². The lowest BCUT2D eigenvalue weighted by Crippen LogP contribution is -2.29. The number of rotatable bonds is 7. The van der Waals surface area contributed by atoms with Gasteiger partial charge in [0, 0.05) is 30.8 Å². The first-order valence-electron chi connectivity index (χ1n) is 5.91. The second-order valence-corrected chi connectivity index (χ2v) is 4.69. The zero-order valence-corrected chi connectivity index (χ0v) is 12.0. The van der Waals surface area contributed by atoms with Crippen LogP contribution in [0.25, 0.3) is 0 Å². The number of hydrogen-bond donors (Lipinski definition) is 2. The first-order chi connectivity index (χ1) is 8.65. The van der Waals surface area contributed by atoms with Gasteiger partial charge in [-0.05, 0) is 25.3 Å². The number of nitrogens with one attached hydrogen (secondary N) is 1. The maximum absolute atomic E-state index is 7.77. The minimum atomic E-state index is 0.116. The molecule has 0 aromatic heterocycles. The molecule has 4 nitrogen and oxygen atoms in total. The van der Waals surface area contributed by atoms with E-state index in [4.69, 9.17) is 15.9 Å². The molecule has 0 aliphatic rings. The zero-order chi connectivity index (χ0) is 13.5. The SMILES string of the molecule is CCN(CCOC)c1cccc(SC)c1C(=N)N. The number of amidine groups is 1. The van der Waals surface area contributed by atoms with E-state index in [1.807, 2.05) is 24.5 Å². The maximum Gasteiger partial charge on any atom is 0.126 e. The lowest BCUT2D eigenvalue weighted by atomic mass is 10.1. The smallest absolute Gasteiger partial charge is 0.126 e. The topological polar surface area (TPSA) is 62.3 Å². The van der Waals surface area contributed by atoms with Gasteiger partial charge in [-0.1, -0.05) is 6.07 Å². The van der Waals surface area contributed by atoms with Crippen molar-refractivity contribution in [3.05, 3.63) is 23.8 Å². The molecule has 3 N–H and O–H groups in total. The predicted molar refractivity (Wildman–Crippen MR) is 79.0 cm³/mol. The Bertz CT molecular complexity index is 409. The summed E-state index contributed by atoms with van der Waals surface area (Å²) in [4.78, 5) is 3.22. The van der Waals surface area contributed by atoms with E-state index in [0.29, 0.717) is 6.61 Å². The number of benzene rings is 1. The van der Waals surface area contributed by atoms with Crippen LogP contribution < -0.4 is 10.6 Å². The Hall–Kier alpha value is -1.20. The summed E-state index contributed by atoms with van der Waals surface area (Å²) in [6, 6.07) is 6.01. The third-order valence-corrected chi connectivity index (χ3v) is 3.56. The van der Waals surface area contributed by atoms with Gasteiger partial charge in [-0.15, -0.1) is 11.8 Å². The average Bonchev–Trinajstić information content (AvgIpc) is 2.38. The number of ether oxygens (including phenoxy) is 1. The van der Waals surface area contributed by atoms with Crippen molar-refractivity contribution in [3.8, 4) is 0 Å². The molecule has 0 heterocycles. The van der Waals surface area contributed by atoms with Crippen molar-refractivity contribution in [1.82, 2.24) is 0 Å². The molecule has 0 aliphatic heterocycles. The summed E-state index contributed by atoms with van der Waals surface area (Å²) >= 11 is 1.61. The van der Waals surface area contributed by atoms with E-state index in [9.17, 15) is 0 Å². The quantitative estimate of drug-likeness (QED) is 0.451. The van der Waals surface area contributed by atoms with Crippen LogP contribution in [0.15, 0.2) is 23.1 Å². The molecule has 100 valence electrons. The highest BCUT2D eigenvalue weighted by molar-refractivity contribution is 7.98. The number of nitrogens with two attached hydrogens (primary N) is 1. The van der Waals surface area contributed by atoms with Crippen molar-refractivity contribution in [2.45, 2.75) is 11.8 Å². The number of thioether (sulfide) groups is 1. The van der Waals surface area contributed by atoms with Crippen LogP contribution in [-0.4, -0.2) is 38.9 Å². The number of nitrogen functional groups attached to an aromatic ring is 1. The van der Waals surface area contributed by atoms with E-state index >= 15 is 0 Å². The second-order valence-electron chi connectivity index (χ2n) is 3.84. The van der Waals surface area contributed by atoms with E-state index in [1.54, 1.807) is 18.9 Å². The molecule has 0 fully saturated rings. The Labute approximate surface area is 113 Å². The number of hydrogen-bond acceptors (Lipinski definition) is 4. The number of methoxy groups -OCH3 is 1. The van der Waals surface area contributed by atoms with E-state index in [-0.39, 0.29) is 5.84 Å². The van der Waals surface area contributed by atoms with Crippen molar-refractivity contribution >= 4 is 23.3 Å². The van der Waals surface area contributed by atoms with Crippen molar-refractivity contribution in [2.24, 2.45) is 5.73 Å². The van der Waals surface area contributed by atoms with Crippen molar-refractivity contribution in [2.75, 3.05) is 38.0 Å². The maximum atomic E-state index is 7.77. The monoisotopic (exact) mass is 267 g/mol. The summed E-state index contributed by atoms with van der Waals surface area (Å²) in [7, 11) is 1.69. The van der Waals surface area contributed by atoms with Gasteiger partial charge in [0.15, 0.2) is 0 Å². The number of likely N-dealkylation sites (N-methyl/N-ethyl adjacent to an activating group) is 1. The molecule has 0 unspecified atom stereocenters. The van der Waals surface area contributed by atoms with Crippen LogP contribution in [0.5, 0.6) is 0 Å². The van der Waals surface area contributed by atoms with Crippen LogP contribution in [-0.2, 0) is 4.74 Å². The second kappa shape index (κ2) is 7.28. The minimum absolute atomic E-state index is 0.116. The Morgan fingerprint density at radius 3 is 2.72 bits per heavy atom. The summed E-state index contributed by atoms with van der Waals surface area (Å²) in [6.45, 7) is 4.41. The summed E-state index contributed by atoms with van der Waals surface area (Å²) in [5, 5.41) is 7.77. The molecule has 0 atom stereocenters. The fourth-order valence-corrected chi connectivity index (χ4v) is 2.51. The molecule has 0 radical (unpaired) electrons. The van der Waals surface area contributed by atoms with Gasteiger partial charge in [0.2, 0.25) is 0 Å². The predicted octanol–water partition coefficient (Wildman–Crippen LogP) is 2.17. The third-order valence-electron chi connectivity index (χ3n) is 2.78. The van der Waals surface area contributed by atoms with Crippen LogP contribution in [0.2, 0.25) is 0 Å². The molecule has 1 aromatic carbocycles. The number of nitrogens with zero attached hydrogens (tertiary/aromatic N) is 1. The van der Waals surface area contributed by atoms with Crippen molar-refractivity contribution in [3.63, 3.8) is 0 Å². The molecule has 0 saturated carbocycles. The fraction of sp³-hybridized carbons (Fsp3) is 0.462. The van der Waals surface area contributed by atoms with Gasteiger partial charge in [-0.25, -0.2) is 0 Å². The zero-order valence-electron chi connectivity index (χ0n) is 11.2. The lowest BCUT2D eigenvalue weighted by Gasteiger charge is -2.26. The molecular weight excluding hydrogens is 246 g/mol. The highest BCUT2D eigenvalue weighted by atomic mass is 32.2. The first kappa shape index (κ1) is 14.9. The Morgan fingerprint density at radius 1 is 1.50 bits per heavy atom. The molecule has 1 aromatic rings. The molecule has 5 heteroatoms. The molecule has 0 saturated heterocycles. The van der Waals surface area contributed by atoms with Gasteiger partial charge >= 0.3 is 0 Å². The third kappa shape index (κ3) is 3.40. The Morgan fingerprint density at radius 2 is 2.22 bits per heavy atom. The average molecular weight is 267 g/mol. The molecule has 0 amide bonds. The molecule has 0 aliphatic carbocycles. The van der Waals surface area contributed by atoms with Crippen molar-refractivity contribution in [1.29, 1.82) is 5.41 Å². The van der Waals surface area contributed by atoms with Gasteiger partial charge in [-0.3, -0.25) is 5.41 Å². The van der Waals surface area contributed by atoms with E-state index in [0.717, 1.165) is 29.2 Å². The first-order valence-corrected chi connectivity index (χ1v) is 7.13. The highest BCUT2D eigenvalue weighted by Crippen LogP contribution is 2.29. The normalized spacial score (nSPS) is 10.4. The molecule has 0 spiro atoms. The Kier molecular flexibility index (Phi) is 6.01. The van der Waals surface area contributed by atoms with Crippen LogP contribution in [0, 0.1) is 5.41 Å². The summed E-state index contributed by atoms with van der Waals surface area (Å²) in [5.74, 6) is 0.116. The van der Waals surface area contributed by atoms with E-state index in [1.165, 1.54) is 0 Å². The minimum Gasteiger partial charge on any atom is -0.384 e. The van der Waals surface area contributed by atoms with Gasteiger partial charge in [0.05, 0.1) is 12.2 Å². The number of anilines is 1. The summed E-state index contributed by atoms with van der Waals surface area (Å²) < 4.78 is 5.12. The largest absolute Gasteiger partial charge is 0.384 e. The van der Waals surface area contributed by atoms with Crippen molar-refractivity contribution < 1.29 is 4.74 Å². The van der Waals surface area contributed by atoms with Crippen LogP contribution in [0.1, 0.15) is 12.5 Å². The van der Waals surface area contributed by atoms with Gasteiger partial charge in [-0.2, -0.15) is 0 Å². The standard InChI is InChI=1S/C13H21N3OS/c1-4-16(8-9-17-2)10-6-5-7-11(18-3)12(10)13(14)15/h5-7H,4,8-9H2,1-3H3,(H3,14,15). The van der Waals surface area contributed by atoms with Gasteiger partial charge in [0.25, 0.3) is 0 Å². The van der Waals surface area contributed by atoms with Gasteiger partial charge < -0.3 is 15.4 Å². The fourth-order valence-electron chi connectivity index (χ4n) is 1.87. The van der Waals surface area contributed by atoms with Crippen LogP contribution in [0.3, 0.4) is 0 Å². The van der Waals surface area contributed by atoms with E-state index < -0.39 is 0 Å². The lowest BCUT2D eigenvalue weighted by molar-refractivity contribution is 0.205. The molecular formula is C13H21N3OS. The van der Waals surface area contributed by atoms with E-state index in [2.05, 4.69) is 11.8 Å². The molecule has 0 bridgehead atoms. The van der Waals surface area contributed by atoms with Crippen LogP contribution in [0.4, 0.5) is 5.69 Å². The highest BCUT2D eigenvalue weighted by Gasteiger charge is 2.15. The Balaban J connectivity index is 3.16.